The minimum atomic E-state index is -0.576. The maximum Gasteiger partial charge on any atom is 0.129 e. The molecule has 3 heteroatoms. The molecule has 0 aliphatic heterocycles. The van der Waals surface area contributed by atoms with E-state index in [0.717, 1.165) is 11.1 Å². The van der Waals surface area contributed by atoms with Crippen LogP contribution in [0.2, 0.25) is 0 Å². The maximum atomic E-state index is 9.80. The van der Waals surface area contributed by atoms with Gasteiger partial charge in [-0.1, -0.05) is 24.3 Å². The van der Waals surface area contributed by atoms with E-state index in [1.54, 1.807) is 20.1 Å². The largest absolute Gasteiger partial charge is 0.497 e. The molecule has 0 amide bonds. The predicted octanol–water partition coefficient (Wildman–Crippen LogP) is 3.64. The number of hydrogen-bond donors (Lipinski definition) is 1. The molecule has 0 saturated carbocycles. The summed E-state index contributed by atoms with van der Waals surface area (Å²) in [6.07, 6.45) is -0.576. The van der Waals surface area contributed by atoms with E-state index in [4.69, 9.17) is 9.47 Å². The van der Waals surface area contributed by atoms with Gasteiger partial charge in [0.2, 0.25) is 0 Å². The van der Waals surface area contributed by atoms with Crippen molar-refractivity contribution in [1.29, 1.82) is 0 Å². The van der Waals surface area contributed by atoms with Gasteiger partial charge in [0.15, 0.2) is 0 Å². The summed E-state index contributed by atoms with van der Waals surface area (Å²) < 4.78 is 11.1. The molecule has 20 heavy (non-hydrogen) atoms. The smallest absolute Gasteiger partial charge is 0.129 e. The van der Waals surface area contributed by atoms with Gasteiger partial charge in [0.05, 0.1) is 13.2 Å². The first-order valence-electron chi connectivity index (χ1n) is 6.65. The Balaban J connectivity index is 2.21. The first-order valence-corrected chi connectivity index (χ1v) is 6.65. The van der Waals surface area contributed by atoms with Crippen LogP contribution >= 0.6 is 0 Å². The van der Waals surface area contributed by atoms with Gasteiger partial charge in [0.25, 0.3) is 0 Å². The molecule has 0 radical (unpaired) electrons. The third-order valence-corrected chi connectivity index (χ3v) is 3.32. The maximum absolute atomic E-state index is 9.80. The van der Waals surface area contributed by atoms with E-state index in [1.807, 2.05) is 30.3 Å². The lowest BCUT2D eigenvalue weighted by Crippen LogP contribution is -2.02. The average molecular weight is 272 g/mol. The number of rotatable bonds is 5. The summed E-state index contributed by atoms with van der Waals surface area (Å²) in [7, 11) is 1.61. The molecule has 0 aliphatic rings. The van der Waals surface area contributed by atoms with Gasteiger partial charge in [-0.2, -0.15) is 0 Å². The Hall–Kier alpha value is -2.00. The minimum absolute atomic E-state index is 0.472. The van der Waals surface area contributed by atoms with E-state index in [9.17, 15) is 5.11 Å². The Morgan fingerprint density at radius 1 is 1.15 bits per heavy atom. The van der Waals surface area contributed by atoms with Crippen LogP contribution in [0.4, 0.5) is 0 Å². The lowest BCUT2D eigenvalue weighted by atomic mass is 10.1. The van der Waals surface area contributed by atoms with Crippen LogP contribution < -0.4 is 9.47 Å². The lowest BCUT2D eigenvalue weighted by Gasteiger charge is -2.15. The van der Waals surface area contributed by atoms with E-state index in [1.165, 1.54) is 5.56 Å². The van der Waals surface area contributed by atoms with Crippen LogP contribution in [0.1, 0.15) is 29.7 Å². The van der Waals surface area contributed by atoms with Crippen LogP contribution in [0.15, 0.2) is 42.5 Å². The fourth-order valence-electron chi connectivity index (χ4n) is 2.04. The van der Waals surface area contributed by atoms with Crippen molar-refractivity contribution < 1.29 is 14.6 Å². The number of aliphatic hydroxyl groups is 1. The van der Waals surface area contributed by atoms with Crippen molar-refractivity contribution in [3.63, 3.8) is 0 Å². The zero-order valence-electron chi connectivity index (χ0n) is 12.1. The lowest BCUT2D eigenvalue weighted by molar-refractivity contribution is 0.190. The third-order valence-electron chi connectivity index (χ3n) is 3.32. The molecule has 1 atom stereocenters. The highest BCUT2D eigenvalue weighted by Crippen LogP contribution is 2.30. The monoisotopic (exact) mass is 272 g/mol. The molecule has 0 aromatic heterocycles. The van der Waals surface area contributed by atoms with Crippen molar-refractivity contribution in [2.45, 2.75) is 26.6 Å². The van der Waals surface area contributed by atoms with Crippen molar-refractivity contribution in [2.24, 2.45) is 0 Å². The van der Waals surface area contributed by atoms with E-state index in [0.29, 0.717) is 18.1 Å². The predicted molar refractivity (Wildman–Crippen MR) is 79.1 cm³/mol. The first kappa shape index (κ1) is 14.4. The highest BCUT2D eigenvalue weighted by molar-refractivity contribution is 5.42. The Bertz CT molecular complexity index is 576. The molecular weight excluding hydrogens is 252 g/mol. The number of aliphatic hydroxyl groups excluding tert-OH is 1. The van der Waals surface area contributed by atoms with Gasteiger partial charge in [-0.3, -0.25) is 0 Å². The van der Waals surface area contributed by atoms with E-state index in [2.05, 4.69) is 13.0 Å². The molecule has 0 fully saturated rings. The standard InChI is InChI=1S/C17H20O3/c1-12-6-4-5-7-14(12)11-20-17-10-15(19-3)8-9-16(17)13(2)18/h4-10,13,18H,11H2,1-3H3/t13-/m0/s1. The van der Waals surface area contributed by atoms with Crippen LogP contribution in [0.3, 0.4) is 0 Å². The van der Waals surface area contributed by atoms with Crippen LogP contribution in [0, 0.1) is 6.92 Å². The van der Waals surface area contributed by atoms with Crippen molar-refractivity contribution in [2.75, 3.05) is 7.11 Å². The number of benzene rings is 2. The topological polar surface area (TPSA) is 38.7 Å². The molecule has 2 aromatic rings. The van der Waals surface area contributed by atoms with E-state index < -0.39 is 6.10 Å². The van der Waals surface area contributed by atoms with Gasteiger partial charge in [-0.05, 0) is 37.1 Å². The normalized spacial score (nSPS) is 12.0. The van der Waals surface area contributed by atoms with Crippen molar-refractivity contribution >= 4 is 0 Å². The molecular formula is C17H20O3. The number of aryl methyl sites for hydroxylation is 1. The van der Waals surface area contributed by atoms with Crippen molar-refractivity contribution in [1.82, 2.24) is 0 Å². The highest BCUT2D eigenvalue weighted by Gasteiger charge is 2.11. The molecule has 2 aromatic carbocycles. The van der Waals surface area contributed by atoms with Crippen LogP contribution in [-0.4, -0.2) is 12.2 Å². The molecule has 0 aliphatic carbocycles. The Morgan fingerprint density at radius 3 is 2.55 bits per heavy atom. The second-order valence-corrected chi connectivity index (χ2v) is 4.79. The molecule has 0 spiro atoms. The number of hydrogen-bond acceptors (Lipinski definition) is 3. The fraction of sp³-hybridized carbons (Fsp3) is 0.294. The third kappa shape index (κ3) is 3.31. The van der Waals surface area contributed by atoms with E-state index >= 15 is 0 Å². The van der Waals surface area contributed by atoms with Crippen LogP contribution in [-0.2, 0) is 6.61 Å². The number of methoxy groups -OCH3 is 1. The molecule has 0 unspecified atom stereocenters. The van der Waals surface area contributed by atoms with Gasteiger partial charge in [-0.25, -0.2) is 0 Å². The quantitative estimate of drug-likeness (QED) is 0.903. The second kappa shape index (κ2) is 6.44. The molecule has 2 rings (SSSR count). The summed E-state index contributed by atoms with van der Waals surface area (Å²) in [5.41, 5.74) is 3.08. The Labute approximate surface area is 119 Å². The minimum Gasteiger partial charge on any atom is -0.497 e. The second-order valence-electron chi connectivity index (χ2n) is 4.79. The summed E-state index contributed by atoms with van der Waals surface area (Å²) >= 11 is 0. The average Bonchev–Trinajstić information content (AvgIpc) is 2.46. The fourth-order valence-corrected chi connectivity index (χ4v) is 2.04. The number of ether oxygens (including phenoxy) is 2. The molecule has 3 nitrogen and oxygen atoms in total. The Morgan fingerprint density at radius 2 is 1.90 bits per heavy atom. The highest BCUT2D eigenvalue weighted by atomic mass is 16.5. The summed E-state index contributed by atoms with van der Waals surface area (Å²) in [6.45, 7) is 4.25. The molecule has 0 bridgehead atoms. The van der Waals surface area contributed by atoms with Crippen molar-refractivity contribution in [3.8, 4) is 11.5 Å². The summed E-state index contributed by atoms with van der Waals surface area (Å²) in [5.74, 6) is 1.37. The summed E-state index contributed by atoms with van der Waals surface area (Å²) in [4.78, 5) is 0. The molecule has 0 heterocycles. The summed E-state index contributed by atoms with van der Waals surface area (Å²) in [6, 6.07) is 13.6. The van der Waals surface area contributed by atoms with Gasteiger partial charge < -0.3 is 14.6 Å². The zero-order valence-corrected chi connectivity index (χ0v) is 12.1. The van der Waals surface area contributed by atoms with Gasteiger partial charge in [0, 0.05) is 11.6 Å². The molecule has 1 N–H and O–H groups in total. The van der Waals surface area contributed by atoms with E-state index in [-0.39, 0.29) is 0 Å². The van der Waals surface area contributed by atoms with Gasteiger partial charge in [-0.15, -0.1) is 0 Å². The van der Waals surface area contributed by atoms with Gasteiger partial charge >= 0.3 is 0 Å². The molecule has 106 valence electrons. The van der Waals surface area contributed by atoms with Crippen LogP contribution in [0.5, 0.6) is 11.5 Å². The SMILES string of the molecule is COc1ccc([C@H](C)O)c(OCc2ccccc2C)c1. The van der Waals surface area contributed by atoms with Crippen LogP contribution in [0.25, 0.3) is 0 Å². The van der Waals surface area contributed by atoms with Gasteiger partial charge in [0.1, 0.15) is 18.1 Å². The molecule has 0 saturated heterocycles. The zero-order chi connectivity index (χ0) is 14.5. The summed E-state index contributed by atoms with van der Waals surface area (Å²) in [5, 5.41) is 9.80. The Kier molecular flexibility index (Phi) is 4.64. The first-order chi connectivity index (χ1) is 9.61. The van der Waals surface area contributed by atoms with Crippen molar-refractivity contribution in [3.05, 3.63) is 59.2 Å².